The number of alkyl halides is 5. The van der Waals surface area contributed by atoms with E-state index in [1.54, 1.807) is 0 Å². The Hall–Kier alpha value is -1.91. The third-order valence-electron chi connectivity index (χ3n) is 2.03. The standard InChI is InChI=1S/C9H6F5N3/c10-8(11)7-4(1-2-15)6(16)5(3-17-7)9(12,13)14/h3,8H,1H2,(H2,16,17). The van der Waals surface area contributed by atoms with Crippen molar-refractivity contribution >= 4 is 5.69 Å². The molecule has 0 spiro atoms. The summed E-state index contributed by atoms with van der Waals surface area (Å²) < 4.78 is 62.1. The maximum Gasteiger partial charge on any atom is 0.419 e. The molecule has 3 nitrogen and oxygen atoms in total. The Balaban J connectivity index is 3.45. The van der Waals surface area contributed by atoms with Gasteiger partial charge in [-0.25, -0.2) is 8.78 Å². The van der Waals surface area contributed by atoms with Crippen LogP contribution >= 0.6 is 0 Å². The lowest BCUT2D eigenvalue weighted by Gasteiger charge is -2.14. The van der Waals surface area contributed by atoms with E-state index in [9.17, 15) is 22.0 Å². The van der Waals surface area contributed by atoms with Crippen LogP contribution < -0.4 is 5.73 Å². The second-order valence-electron chi connectivity index (χ2n) is 3.08. The third kappa shape index (κ3) is 2.61. The number of hydrogen-bond donors (Lipinski definition) is 1. The van der Waals surface area contributed by atoms with E-state index in [2.05, 4.69) is 4.98 Å². The average Bonchev–Trinajstić information content (AvgIpc) is 2.18. The zero-order chi connectivity index (χ0) is 13.2. The molecule has 8 heteroatoms. The van der Waals surface area contributed by atoms with Crippen molar-refractivity contribution in [3.63, 3.8) is 0 Å². The number of pyridine rings is 1. The van der Waals surface area contributed by atoms with Gasteiger partial charge in [0.2, 0.25) is 0 Å². The number of nitriles is 1. The largest absolute Gasteiger partial charge is 0.419 e. The van der Waals surface area contributed by atoms with Gasteiger partial charge in [0.05, 0.1) is 23.7 Å². The molecule has 1 aromatic rings. The number of nitrogen functional groups attached to an aromatic ring is 1. The third-order valence-corrected chi connectivity index (χ3v) is 2.03. The molecule has 0 bridgehead atoms. The molecule has 1 rings (SSSR count). The molecule has 0 amide bonds. The van der Waals surface area contributed by atoms with Gasteiger partial charge in [0, 0.05) is 11.8 Å². The van der Waals surface area contributed by atoms with Crippen molar-refractivity contribution in [2.24, 2.45) is 0 Å². The van der Waals surface area contributed by atoms with Crippen molar-refractivity contribution < 1.29 is 22.0 Å². The molecule has 0 aliphatic carbocycles. The highest BCUT2D eigenvalue weighted by Gasteiger charge is 2.35. The van der Waals surface area contributed by atoms with Gasteiger partial charge in [-0.2, -0.15) is 18.4 Å². The quantitative estimate of drug-likeness (QED) is 0.822. The fraction of sp³-hybridized carbons (Fsp3) is 0.333. The summed E-state index contributed by atoms with van der Waals surface area (Å²) in [5, 5.41) is 8.38. The van der Waals surface area contributed by atoms with Gasteiger partial charge >= 0.3 is 6.18 Å². The zero-order valence-electron chi connectivity index (χ0n) is 8.22. The van der Waals surface area contributed by atoms with Crippen LogP contribution in [0.4, 0.5) is 27.6 Å². The van der Waals surface area contributed by atoms with Crippen molar-refractivity contribution in [3.05, 3.63) is 23.0 Å². The fourth-order valence-corrected chi connectivity index (χ4v) is 1.26. The van der Waals surface area contributed by atoms with Crippen LogP contribution in [0.2, 0.25) is 0 Å². The number of nitrogens with two attached hydrogens (primary N) is 1. The minimum absolute atomic E-state index is 0.248. The lowest BCUT2D eigenvalue weighted by Crippen LogP contribution is -2.14. The summed E-state index contributed by atoms with van der Waals surface area (Å²) in [5.41, 5.74) is 1.50. The van der Waals surface area contributed by atoms with Crippen molar-refractivity contribution in [3.8, 4) is 6.07 Å². The maximum absolute atomic E-state index is 12.5. The van der Waals surface area contributed by atoms with Crippen LogP contribution in [0.5, 0.6) is 0 Å². The molecule has 0 saturated heterocycles. The van der Waals surface area contributed by atoms with E-state index in [4.69, 9.17) is 11.0 Å². The molecule has 0 unspecified atom stereocenters. The Morgan fingerprint density at radius 1 is 1.41 bits per heavy atom. The molecule has 0 aliphatic heterocycles. The summed E-state index contributed by atoms with van der Waals surface area (Å²) in [7, 11) is 0. The Bertz CT molecular complexity index is 461. The minimum atomic E-state index is -4.79. The van der Waals surface area contributed by atoms with Gasteiger partial charge in [-0.3, -0.25) is 4.98 Å². The van der Waals surface area contributed by atoms with Gasteiger partial charge in [-0.15, -0.1) is 0 Å². The predicted octanol–water partition coefficient (Wildman–Crippen LogP) is 2.69. The summed E-state index contributed by atoms with van der Waals surface area (Å²) in [6.45, 7) is 0. The Morgan fingerprint density at radius 3 is 2.41 bits per heavy atom. The first-order valence-corrected chi connectivity index (χ1v) is 4.28. The van der Waals surface area contributed by atoms with Crippen LogP contribution in [0.1, 0.15) is 23.2 Å². The van der Waals surface area contributed by atoms with Gasteiger partial charge in [-0.1, -0.05) is 0 Å². The molecular formula is C9H6F5N3. The van der Waals surface area contributed by atoms with Crippen LogP contribution in [-0.4, -0.2) is 4.98 Å². The van der Waals surface area contributed by atoms with Crippen LogP contribution in [-0.2, 0) is 12.6 Å². The first kappa shape index (κ1) is 13.2. The summed E-state index contributed by atoms with van der Waals surface area (Å²) >= 11 is 0. The predicted molar refractivity (Wildman–Crippen MR) is 47.9 cm³/mol. The van der Waals surface area contributed by atoms with E-state index in [0.717, 1.165) is 0 Å². The average molecular weight is 251 g/mol. The number of nitrogens with zero attached hydrogens (tertiary/aromatic N) is 2. The van der Waals surface area contributed by atoms with Crippen molar-refractivity contribution in [1.29, 1.82) is 5.26 Å². The zero-order valence-corrected chi connectivity index (χ0v) is 8.22. The Kier molecular flexibility index (Phi) is 3.50. The molecule has 0 atom stereocenters. The lowest BCUT2D eigenvalue weighted by molar-refractivity contribution is -0.137. The summed E-state index contributed by atoms with van der Waals surface area (Å²) in [6.07, 6.45) is -8.27. The van der Waals surface area contributed by atoms with Gasteiger partial charge in [-0.05, 0) is 0 Å². The molecule has 0 saturated carbocycles. The SMILES string of the molecule is N#CCc1c(C(F)F)ncc(C(F)(F)F)c1N. The first-order chi connectivity index (χ1) is 7.79. The van der Waals surface area contributed by atoms with Crippen LogP contribution in [0.25, 0.3) is 0 Å². The number of aromatic nitrogens is 1. The molecule has 17 heavy (non-hydrogen) atoms. The summed E-state index contributed by atoms with van der Waals surface area (Å²) in [5.74, 6) is 0. The number of halogens is 5. The topological polar surface area (TPSA) is 62.7 Å². The number of hydrogen-bond acceptors (Lipinski definition) is 3. The van der Waals surface area contributed by atoms with Gasteiger partial charge in [0.25, 0.3) is 6.43 Å². The molecule has 92 valence electrons. The van der Waals surface area contributed by atoms with Gasteiger partial charge in [0.1, 0.15) is 5.69 Å². The van der Waals surface area contributed by atoms with Crippen LogP contribution in [0, 0.1) is 11.3 Å². The maximum atomic E-state index is 12.5. The number of rotatable bonds is 2. The molecular weight excluding hydrogens is 245 g/mol. The smallest absolute Gasteiger partial charge is 0.398 e. The molecule has 0 aromatic carbocycles. The van der Waals surface area contributed by atoms with Crippen molar-refractivity contribution in [2.45, 2.75) is 19.0 Å². The van der Waals surface area contributed by atoms with Crippen LogP contribution in [0.15, 0.2) is 6.20 Å². The fourth-order valence-electron chi connectivity index (χ4n) is 1.26. The monoisotopic (exact) mass is 251 g/mol. The lowest BCUT2D eigenvalue weighted by atomic mass is 10.0. The van der Waals surface area contributed by atoms with E-state index in [1.165, 1.54) is 6.07 Å². The van der Waals surface area contributed by atoms with E-state index in [1.807, 2.05) is 0 Å². The second-order valence-corrected chi connectivity index (χ2v) is 3.08. The normalized spacial score (nSPS) is 11.6. The summed E-state index contributed by atoms with van der Waals surface area (Å²) in [4.78, 5) is 3.02. The molecule has 0 aliphatic rings. The highest BCUT2D eigenvalue weighted by atomic mass is 19.4. The molecule has 0 radical (unpaired) electrons. The van der Waals surface area contributed by atoms with E-state index in [-0.39, 0.29) is 6.20 Å². The molecule has 0 fully saturated rings. The van der Waals surface area contributed by atoms with E-state index < -0.39 is 41.5 Å². The summed E-state index contributed by atoms with van der Waals surface area (Å²) in [6, 6.07) is 1.48. The Labute approximate surface area is 92.7 Å². The first-order valence-electron chi connectivity index (χ1n) is 4.28. The second kappa shape index (κ2) is 4.53. The van der Waals surface area contributed by atoms with Crippen LogP contribution in [0.3, 0.4) is 0 Å². The van der Waals surface area contributed by atoms with Gasteiger partial charge < -0.3 is 5.73 Å². The number of anilines is 1. The molecule has 1 aromatic heterocycles. The van der Waals surface area contributed by atoms with E-state index in [0.29, 0.717) is 0 Å². The molecule has 1 heterocycles. The van der Waals surface area contributed by atoms with Gasteiger partial charge in [0.15, 0.2) is 0 Å². The minimum Gasteiger partial charge on any atom is -0.398 e. The van der Waals surface area contributed by atoms with Crippen molar-refractivity contribution in [1.82, 2.24) is 4.98 Å². The molecule has 2 N–H and O–H groups in total. The Morgan fingerprint density at radius 2 is 2.00 bits per heavy atom. The highest BCUT2D eigenvalue weighted by Crippen LogP contribution is 2.37. The highest BCUT2D eigenvalue weighted by molar-refractivity contribution is 5.57. The van der Waals surface area contributed by atoms with Crippen molar-refractivity contribution in [2.75, 3.05) is 5.73 Å². The van der Waals surface area contributed by atoms with E-state index >= 15 is 0 Å².